The maximum absolute atomic E-state index is 12.6. The molecule has 2 aromatic heterocycles. The number of anilines is 2. The van der Waals surface area contributed by atoms with Crippen LogP contribution in [-0.2, 0) is 4.79 Å². The van der Waals surface area contributed by atoms with Gasteiger partial charge in [0, 0.05) is 38.4 Å². The summed E-state index contributed by atoms with van der Waals surface area (Å²) in [7, 11) is 1.93. The van der Waals surface area contributed by atoms with Crippen molar-refractivity contribution in [3.05, 3.63) is 46.5 Å². The van der Waals surface area contributed by atoms with Gasteiger partial charge in [-0.3, -0.25) is 9.59 Å². The molecule has 9 nitrogen and oxygen atoms in total. The number of aromatic nitrogens is 3. The summed E-state index contributed by atoms with van der Waals surface area (Å²) in [5.74, 6) is 0.480. The third kappa shape index (κ3) is 4.95. The summed E-state index contributed by atoms with van der Waals surface area (Å²) in [6.45, 7) is 5.32. The maximum atomic E-state index is 12.6. The topological polar surface area (TPSA) is 107 Å². The average molecular weight is 409 g/mol. The fraction of sp³-hybridized carbons (Fsp3) is 0.476. The van der Waals surface area contributed by atoms with Crippen molar-refractivity contribution < 1.29 is 4.79 Å². The molecule has 2 aromatic rings. The number of carbonyl (C=O) groups is 1. The second-order valence-electron chi connectivity index (χ2n) is 7.73. The molecule has 158 valence electrons. The summed E-state index contributed by atoms with van der Waals surface area (Å²) in [5.41, 5.74) is 1.10. The van der Waals surface area contributed by atoms with Gasteiger partial charge in [0.05, 0.1) is 30.0 Å². The van der Waals surface area contributed by atoms with Crippen LogP contribution in [0.4, 0.5) is 11.5 Å². The molecule has 1 N–H and O–H groups in total. The van der Waals surface area contributed by atoms with Crippen LogP contribution in [0.2, 0.25) is 0 Å². The zero-order chi connectivity index (χ0) is 21.7. The number of hydrogen-bond donors (Lipinski definition) is 1. The van der Waals surface area contributed by atoms with Crippen LogP contribution in [0, 0.1) is 11.3 Å². The van der Waals surface area contributed by atoms with Crippen molar-refractivity contribution in [1.82, 2.24) is 19.7 Å². The van der Waals surface area contributed by atoms with Gasteiger partial charge >= 0.3 is 0 Å². The smallest absolute Gasteiger partial charge is 0.269 e. The van der Waals surface area contributed by atoms with Gasteiger partial charge in [0.15, 0.2) is 0 Å². The summed E-state index contributed by atoms with van der Waals surface area (Å²) in [4.78, 5) is 33.1. The summed E-state index contributed by atoms with van der Waals surface area (Å²) in [6, 6.07) is 7.06. The highest BCUT2D eigenvalue weighted by Gasteiger charge is 2.26. The predicted octanol–water partition coefficient (Wildman–Crippen LogP) is 1.63. The SMILES string of the molecule is CC(C)N(C)c1cnn([C@@H]2CCCN(C(=O)CNc3ccc(C#N)cn3)C2)c(=O)c1. The first-order chi connectivity index (χ1) is 14.4. The zero-order valence-electron chi connectivity index (χ0n) is 17.6. The Morgan fingerprint density at radius 2 is 2.20 bits per heavy atom. The molecule has 1 aliphatic rings. The van der Waals surface area contributed by atoms with E-state index < -0.39 is 0 Å². The molecule has 0 aliphatic carbocycles. The van der Waals surface area contributed by atoms with Gasteiger partial charge in [0.25, 0.3) is 5.56 Å². The molecule has 1 aliphatic heterocycles. The van der Waals surface area contributed by atoms with E-state index in [9.17, 15) is 9.59 Å². The van der Waals surface area contributed by atoms with Crippen molar-refractivity contribution in [1.29, 1.82) is 5.26 Å². The summed E-state index contributed by atoms with van der Waals surface area (Å²) in [6.07, 6.45) is 4.79. The van der Waals surface area contributed by atoms with Crippen molar-refractivity contribution in [2.75, 3.05) is 36.9 Å². The van der Waals surface area contributed by atoms with Gasteiger partial charge in [-0.1, -0.05) is 0 Å². The Balaban J connectivity index is 1.62. The Bertz CT molecular complexity index is 978. The van der Waals surface area contributed by atoms with Crippen molar-refractivity contribution in [2.45, 2.75) is 38.8 Å². The normalized spacial score (nSPS) is 16.2. The number of pyridine rings is 1. The molecule has 0 aromatic carbocycles. The van der Waals surface area contributed by atoms with Crippen LogP contribution in [0.15, 0.2) is 35.4 Å². The van der Waals surface area contributed by atoms with E-state index in [1.165, 1.54) is 10.9 Å². The molecular weight excluding hydrogens is 382 g/mol. The molecule has 1 amide bonds. The number of nitriles is 1. The lowest BCUT2D eigenvalue weighted by Gasteiger charge is -2.33. The lowest BCUT2D eigenvalue weighted by molar-refractivity contribution is -0.131. The first-order valence-electron chi connectivity index (χ1n) is 10.1. The van der Waals surface area contributed by atoms with E-state index >= 15 is 0 Å². The molecule has 3 heterocycles. The van der Waals surface area contributed by atoms with E-state index in [1.54, 1.807) is 29.3 Å². The Kier molecular flexibility index (Phi) is 6.67. The van der Waals surface area contributed by atoms with Crippen molar-refractivity contribution >= 4 is 17.4 Å². The molecular formula is C21H27N7O2. The predicted molar refractivity (Wildman–Crippen MR) is 114 cm³/mol. The number of piperidine rings is 1. The quantitative estimate of drug-likeness (QED) is 0.773. The van der Waals surface area contributed by atoms with Crippen molar-refractivity contribution in [2.24, 2.45) is 0 Å². The molecule has 0 saturated carbocycles. The van der Waals surface area contributed by atoms with Crippen LogP contribution >= 0.6 is 0 Å². The second-order valence-corrected chi connectivity index (χ2v) is 7.73. The zero-order valence-corrected chi connectivity index (χ0v) is 17.6. The third-order valence-corrected chi connectivity index (χ3v) is 5.40. The molecule has 1 fully saturated rings. The van der Waals surface area contributed by atoms with Crippen LogP contribution in [0.25, 0.3) is 0 Å². The van der Waals surface area contributed by atoms with E-state index in [0.717, 1.165) is 18.5 Å². The molecule has 0 unspecified atom stereocenters. The van der Waals surface area contributed by atoms with Crippen LogP contribution < -0.4 is 15.8 Å². The Labute approximate surface area is 175 Å². The van der Waals surface area contributed by atoms with E-state index in [-0.39, 0.29) is 30.1 Å². The first-order valence-corrected chi connectivity index (χ1v) is 10.1. The number of amides is 1. The molecule has 3 rings (SSSR count). The number of likely N-dealkylation sites (tertiary alicyclic amines) is 1. The third-order valence-electron chi connectivity index (χ3n) is 5.40. The van der Waals surface area contributed by atoms with Crippen LogP contribution in [0.5, 0.6) is 0 Å². The number of nitrogens with zero attached hydrogens (tertiary/aromatic N) is 6. The highest BCUT2D eigenvalue weighted by molar-refractivity contribution is 5.80. The molecule has 0 radical (unpaired) electrons. The van der Waals surface area contributed by atoms with Gasteiger partial charge in [-0.15, -0.1) is 0 Å². The second kappa shape index (κ2) is 9.39. The lowest BCUT2D eigenvalue weighted by atomic mass is 10.1. The highest BCUT2D eigenvalue weighted by atomic mass is 16.2. The van der Waals surface area contributed by atoms with Crippen LogP contribution in [0.3, 0.4) is 0 Å². The summed E-state index contributed by atoms with van der Waals surface area (Å²) < 4.78 is 1.49. The number of carbonyl (C=O) groups excluding carboxylic acids is 1. The minimum Gasteiger partial charge on any atom is -0.371 e. The van der Waals surface area contributed by atoms with E-state index in [4.69, 9.17) is 5.26 Å². The van der Waals surface area contributed by atoms with Crippen LogP contribution in [-0.4, -0.2) is 58.3 Å². The van der Waals surface area contributed by atoms with Gasteiger partial charge in [-0.2, -0.15) is 10.4 Å². The van der Waals surface area contributed by atoms with Crippen molar-refractivity contribution in [3.63, 3.8) is 0 Å². The van der Waals surface area contributed by atoms with E-state index in [0.29, 0.717) is 24.5 Å². The molecule has 9 heteroatoms. The maximum Gasteiger partial charge on any atom is 0.269 e. The Hall–Kier alpha value is -3.41. The molecule has 1 saturated heterocycles. The Morgan fingerprint density at radius 1 is 1.40 bits per heavy atom. The largest absolute Gasteiger partial charge is 0.371 e. The van der Waals surface area contributed by atoms with E-state index in [1.807, 2.05) is 18.0 Å². The monoisotopic (exact) mass is 409 g/mol. The van der Waals surface area contributed by atoms with Gasteiger partial charge in [0.1, 0.15) is 11.9 Å². The Morgan fingerprint density at radius 3 is 2.83 bits per heavy atom. The minimum absolute atomic E-state index is 0.0601. The van der Waals surface area contributed by atoms with Crippen LogP contribution in [0.1, 0.15) is 38.3 Å². The number of nitrogens with one attached hydrogen (secondary N) is 1. The molecule has 30 heavy (non-hydrogen) atoms. The fourth-order valence-electron chi connectivity index (χ4n) is 3.40. The van der Waals surface area contributed by atoms with Gasteiger partial charge < -0.3 is 15.1 Å². The highest BCUT2D eigenvalue weighted by Crippen LogP contribution is 2.20. The fourth-order valence-corrected chi connectivity index (χ4v) is 3.40. The summed E-state index contributed by atoms with van der Waals surface area (Å²) in [5, 5.41) is 16.2. The lowest BCUT2D eigenvalue weighted by Crippen LogP contribution is -2.45. The number of rotatable bonds is 6. The van der Waals surface area contributed by atoms with E-state index in [2.05, 4.69) is 29.2 Å². The standard InChI is InChI=1S/C21H27N7O2/c1-15(2)26(3)18-9-20(29)28(25-12-18)17-5-4-8-27(14-17)21(30)13-24-19-7-6-16(10-22)11-23-19/h6-7,9,11-12,15,17H,4-5,8,13-14H2,1-3H3,(H,23,24)/t17-/m1/s1. The molecule has 0 spiro atoms. The first kappa shape index (κ1) is 21.3. The summed E-state index contributed by atoms with van der Waals surface area (Å²) >= 11 is 0. The molecule has 0 bridgehead atoms. The average Bonchev–Trinajstić information content (AvgIpc) is 2.77. The van der Waals surface area contributed by atoms with Gasteiger partial charge in [-0.25, -0.2) is 9.67 Å². The van der Waals surface area contributed by atoms with Gasteiger partial charge in [0.2, 0.25) is 5.91 Å². The van der Waals surface area contributed by atoms with Crippen molar-refractivity contribution in [3.8, 4) is 6.07 Å². The number of hydrogen-bond acceptors (Lipinski definition) is 7. The minimum atomic E-state index is -0.154. The van der Waals surface area contributed by atoms with Gasteiger partial charge in [-0.05, 0) is 38.8 Å². The molecule has 1 atom stereocenters.